The van der Waals surface area contributed by atoms with E-state index in [1.165, 1.54) is 0 Å². The Morgan fingerprint density at radius 2 is 2.19 bits per heavy atom. The third-order valence-electron chi connectivity index (χ3n) is 4.22. The minimum absolute atomic E-state index is 0.0509. The van der Waals surface area contributed by atoms with Gasteiger partial charge in [-0.2, -0.15) is 0 Å². The zero-order valence-corrected chi connectivity index (χ0v) is 14.9. The summed E-state index contributed by atoms with van der Waals surface area (Å²) in [5.74, 6) is -0.608. The fraction of sp³-hybridized carbons (Fsp3) is 0.389. The molecule has 4 N–H and O–H groups in total. The fourth-order valence-electron chi connectivity index (χ4n) is 3.00. The van der Waals surface area contributed by atoms with Gasteiger partial charge in [0.1, 0.15) is 17.5 Å². The fourth-order valence-corrected chi connectivity index (χ4v) is 3.00. The second kappa shape index (κ2) is 6.78. The maximum absolute atomic E-state index is 14.9. The highest BCUT2D eigenvalue weighted by Crippen LogP contribution is 2.33. The van der Waals surface area contributed by atoms with Gasteiger partial charge in [0.15, 0.2) is 17.4 Å². The summed E-state index contributed by atoms with van der Waals surface area (Å²) in [5, 5.41) is 5.40. The molecule has 0 bridgehead atoms. The molecule has 138 valence electrons. The number of aromatic nitrogens is 1. The molecule has 1 atom stereocenters. The molecular formula is C18H21FN4O3. The lowest BCUT2D eigenvalue weighted by molar-refractivity contribution is -0.119. The van der Waals surface area contributed by atoms with Crippen LogP contribution in [-0.2, 0) is 11.3 Å². The van der Waals surface area contributed by atoms with Crippen molar-refractivity contribution in [3.8, 4) is 11.5 Å². The Hall–Kier alpha value is -2.90. The summed E-state index contributed by atoms with van der Waals surface area (Å²) in [6, 6.07) is 2.63. The molecule has 3 heterocycles. The number of halogens is 1. The molecule has 2 aromatic rings. The van der Waals surface area contributed by atoms with E-state index in [-0.39, 0.29) is 35.1 Å². The lowest BCUT2D eigenvalue weighted by Crippen LogP contribution is -2.37. The van der Waals surface area contributed by atoms with E-state index in [9.17, 15) is 14.0 Å². The van der Waals surface area contributed by atoms with E-state index in [0.29, 0.717) is 17.9 Å². The Morgan fingerprint density at radius 3 is 2.77 bits per heavy atom. The van der Waals surface area contributed by atoms with E-state index in [0.717, 1.165) is 0 Å². The van der Waals surface area contributed by atoms with Gasteiger partial charge in [0.2, 0.25) is 5.91 Å². The largest absolute Gasteiger partial charge is 0.460 e. The molecule has 0 aliphatic carbocycles. The summed E-state index contributed by atoms with van der Waals surface area (Å²) in [6.07, 6.45) is 0.430. The van der Waals surface area contributed by atoms with Crippen LogP contribution in [-0.4, -0.2) is 22.8 Å². The van der Waals surface area contributed by atoms with Crippen LogP contribution < -0.4 is 16.4 Å². The number of hydrogen-bond donors (Lipinski definition) is 3. The molecule has 7 nitrogen and oxygen atoms in total. The Kier molecular flexibility index (Phi) is 4.67. The average Bonchev–Trinajstić information content (AvgIpc) is 3.15. The Balaban J connectivity index is 2.09. The van der Waals surface area contributed by atoms with Gasteiger partial charge in [-0.3, -0.25) is 9.59 Å². The van der Waals surface area contributed by atoms with E-state index < -0.39 is 23.7 Å². The van der Waals surface area contributed by atoms with Gasteiger partial charge in [0.25, 0.3) is 5.91 Å². The number of nitrogens with two attached hydrogens (primary N) is 1. The number of nitrogens with one attached hydrogen (secondary N) is 2. The van der Waals surface area contributed by atoms with Crippen LogP contribution >= 0.6 is 0 Å². The van der Waals surface area contributed by atoms with Crippen molar-refractivity contribution in [2.24, 2.45) is 11.7 Å². The number of nitrogens with zero attached hydrogens (tertiary/aromatic N) is 1. The molecule has 0 fully saturated rings. The van der Waals surface area contributed by atoms with Crippen LogP contribution in [0.25, 0.3) is 11.5 Å². The molecule has 26 heavy (non-hydrogen) atoms. The zero-order chi connectivity index (χ0) is 19.0. The highest BCUT2D eigenvalue weighted by Gasteiger charge is 2.32. The molecule has 0 radical (unpaired) electrons. The van der Waals surface area contributed by atoms with Crippen molar-refractivity contribution in [3.05, 3.63) is 34.8 Å². The topological polar surface area (TPSA) is 110 Å². The van der Waals surface area contributed by atoms with Crippen molar-refractivity contribution in [3.63, 3.8) is 0 Å². The quantitative estimate of drug-likeness (QED) is 0.732. The Labute approximate surface area is 150 Å². The highest BCUT2D eigenvalue weighted by atomic mass is 19.1. The Morgan fingerprint density at radius 1 is 1.46 bits per heavy atom. The minimum atomic E-state index is -0.772. The number of rotatable bonds is 6. The molecule has 1 aliphatic heterocycles. The number of carbonyl (C=O) groups is 2. The first kappa shape index (κ1) is 17.9. The number of fused-ring (bicyclic) bond motifs is 1. The van der Waals surface area contributed by atoms with Crippen molar-refractivity contribution < 1.29 is 18.4 Å². The van der Waals surface area contributed by atoms with Gasteiger partial charge < -0.3 is 20.8 Å². The van der Waals surface area contributed by atoms with Crippen LogP contribution in [0.2, 0.25) is 0 Å². The first-order valence-electron chi connectivity index (χ1n) is 8.41. The van der Waals surface area contributed by atoms with Gasteiger partial charge in [-0.15, -0.1) is 0 Å². The first-order chi connectivity index (χ1) is 12.3. The van der Waals surface area contributed by atoms with E-state index >= 15 is 0 Å². The van der Waals surface area contributed by atoms with Gasteiger partial charge in [0, 0.05) is 12.1 Å². The number of amides is 2. The predicted molar refractivity (Wildman–Crippen MR) is 93.9 cm³/mol. The molecule has 2 aromatic heterocycles. The smallest absolute Gasteiger partial charge is 0.254 e. The molecular weight excluding hydrogens is 339 g/mol. The molecule has 0 aromatic carbocycles. The van der Waals surface area contributed by atoms with Gasteiger partial charge in [-0.25, -0.2) is 9.37 Å². The normalized spacial score (nSPS) is 14.3. The zero-order valence-electron chi connectivity index (χ0n) is 14.9. The number of aryl methyl sites for hydroxylation is 1. The van der Waals surface area contributed by atoms with Gasteiger partial charge in [-0.05, 0) is 31.4 Å². The van der Waals surface area contributed by atoms with E-state index in [4.69, 9.17) is 10.2 Å². The molecule has 0 saturated carbocycles. The summed E-state index contributed by atoms with van der Waals surface area (Å²) < 4.78 is 20.5. The number of furan rings is 1. The second-order valence-electron chi connectivity index (χ2n) is 6.80. The molecule has 0 saturated heterocycles. The molecule has 0 spiro atoms. The van der Waals surface area contributed by atoms with Crippen LogP contribution in [0.15, 0.2) is 16.5 Å². The number of hydrogen-bond acceptors (Lipinski definition) is 5. The van der Waals surface area contributed by atoms with Crippen LogP contribution in [0.3, 0.4) is 0 Å². The number of primary amides is 1. The van der Waals surface area contributed by atoms with Crippen LogP contribution in [0.4, 0.5) is 10.2 Å². The highest BCUT2D eigenvalue weighted by molar-refractivity contribution is 6.03. The van der Waals surface area contributed by atoms with Crippen molar-refractivity contribution in [1.29, 1.82) is 0 Å². The van der Waals surface area contributed by atoms with Gasteiger partial charge >= 0.3 is 0 Å². The van der Waals surface area contributed by atoms with Crippen LogP contribution in [0, 0.1) is 18.7 Å². The van der Waals surface area contributed by atoms with Gasteiger partial charge in [-0.1, -0.05) is 13.8 Å². The van der Waals surface area contributed by atoms with Gasteiger partial charge in [0.05, 0.1) is 5.56 Å². The average molecular weight is 360 g/mol. The maximum Gasteiger partial charge on any atom is 0.254 e. The number of pyridine rings is 1. The predicted octanol–water partition coefficient (Wildman–Crippen LogP) is 2.34. The van der Waals surface area contributed by atoms with Crippen LogP contribution in [0.5, 0.6) is 0 Å². The van der Waals surface area contributed by atoms with E-state index in [1.807, 2.05) is 13.8 Å². The summed E-state index contributed by atoms with van der Waals surface area (Å²) in [6.45, 7) is 5.68. The number of anilines is 1. The maximum atomic E-state index is 14.9. The first-order valence-corrected chi connectivity index (χ1v) is 8.41. The standard InChI is InChI=1S/C18H21FN4O3/c1-8(2)6-11(16(20)24)22-17-14(19)10-7-21-18(25)13(10)15(23-17)12-5-4-9(3)26-12/h4-5,8,11H,6-7H2,1-3H3,(H2,20,24)(H,21,25)(H,22,23). The number of carbonyl (C=O) groups excluding carboxylic acids is 2. The third kappa shape index (κ3) is 3.26. The van der Waals surface area contributed by atoms with Crippen molar-refractivity contribution in [2.75, 3.05) is 5.32 Å². The third-order valence-corrected chi connectivity index (χ3v) is 4.22. The van der Waals surface area contributed by atoms with E-state index in [1.54, 1.807) is 19.1 Å². The van der Waals surface area contributed by atoms with Crippen LogP contribution in [0.1, 0.15) is 41.9 Å². The van der Waals surface area contributed by atoms with Crippen molar-refractivity contribution in [2.45, 2.75) is 39.8 Å². The van der Waals surface area contributed by atoms with E-state index in [2.05, 4.69) is 15.6 Å². The molecule has 1 aliphatic rings. The lowest BCUT2D eigenvalue weighted by Gasteiger charge is -2.19. The summed E-state index contributed by atoms with van der Waals surface area (Å²) in [5.41, 5.74) is 6.02. The molecule has 3 rings (SSSR count). The molecule has 8 heteroatoms. The monoisotopic (exact) mass is 360 g/mol. The summed E-state index contributed by atoms with van der Waals surface area (Å²) in [4.78, 5) is 28.1. The molecule has 2 amide bonds. The molecule has 1 unspecified atom stereocenters. The Bertz CT molecular complexity index is 876. The lowest BCUT2D eigenvalue weighted by atomic mass is 10.0. The van der Waals surface area contributed by atoms with Crippen molar-refractivity contribution in [1.82, 2.24) is 10.3 Å². The second-order valence-corrected chi connectivity index (χ2v) is 6.80. The van der Waals surface area contributed by atoms with Crippen molar-refractivity contribution >= 4 is 17.6 Å². The summed E-state index contributed by atoms with van der Waals surface area (Å²) in [7, 11) is 0. The SMILES string of the molecule is Cc1ccc(-c2nc(NC(CC(C)C)C(N)=O)c(F)c3c2C(=O)NC3)o1. The minimum Gasteiger partial charge on any atom is -0.460 e. The summed E-state index contributed by atoms with van der Waals surface area (Å²) >= 11 is 0.